The van der Waals surface area contributed by atoms with Gasteiger partial charge in [-0.3, -0.25) is 9.59 Å². The van der Waals surface area contributed by atoms with Gasteiger partial charge in [-0.25, -0.2) is 4.98 Å². The number of pyridine rings is 1. The predicted molar refractivity (Wildman–Crippen MR) is 67.8 cm³/mol. The van der Waals surface area contributed by atoms with Gasteiger partial charge in [0, 0.05) is 20.1 Å². The summed E-state index contributed by atoms with van der Waals surface area (Å²) in [4.78, 5) is 30.6. The van der Waals surface area contributed by atoms with Crippen LogP contribution in [0.5, 0.6) is 0 Å². The van der Waals surface area contributed by atoms with Gasteiger partial charge >= 0.3 is 0 Å². The summed E-state index contributed by atoms with van der Waals surface area (Å²) in [7, 11) is 1.70. The van der Waals surface area contributed by atoms with Crippen LogP contribution in [-0.4, -0.2) is 53.3 Å². The summed E-state index contributed by atoms with van der Waals surface area (Å²) in [6, 6.07) is 3.03. The van der Waals surface area contributed by atoms with Crippen molar-refractivity contribution in [2.75, 3.05) is 26.7 Å². The Hall–Kier alpha value is -1.33. The number of hydrogen-bond donors (Lipinski definition) is 0. The molecule has 1 saturated heterocycles. The van der Waals surface area contributed by atoms with Gasteiger partial charge in [-0.05, 0) is 12.1 Å². The lowest BCUT2D eigenvalue weighted by molar-refractivity contribution is -0.133. The Balaban J connectivity index is 2.21. The maximum atomic E-state index is 12.2. The number of carbonyl (C=O) groups excluding carboxylic acids is 2. The lowest BCUT2D eigenvalue weighted by atomic mass is 10.2. The highest BCUT2D eigenvalue weighted by Crippen LogP contribution is 2.19. The molecule has 0 unspecified atom stereocenters. The van der Waals surface area contributed by atoms with Crippen molar-refractivity contribution in [3.05, 3.63) is 28.0 Å². The predicted octanol–water partition coefficient (Wildman–Crippen LogP) is 1.30. The number of carbonyl (C=O) groups is 2. The van der Waals surface area contributed by atoms with Crippen LogP contribution in [0.1, 0.15) is 10.5 Å². The molecule has 0 aliphatic carbocycles. The molecule has 1 fully saturated rings. The van der Waals surface area contributed by atoms with Crippen molar-refractivity contribution >= 4 is 35.0 Å². The Bertz CT molecular complexity index is 507. The van der Waals surface area contributed by atoms with E-state index < -0.39 is 0 Å². The van der Waals surface area contributed by atoms with Gasteiger partial charge < -0.3 is 9.80 Å². The van der Waals surface area contributed by atoms with E-state index in [0.717, 1.165) is 0 Å². The molecule has 2 amide bonds. The van der Waals surface area contributed by atoms with Crippen molar-refractivity contribution in [3.63, 3.8) is 0 Å². The number of amides is 2. The molecule has 0 spiro atoms. The lowest BCUT2D eigenvalue weighted by Crippen LogP contribution is -2.50. The smallest absolute Gasteiger partial charge is 0.274 e. The summed E-state index contributed by atoms with van der Waals surface area (Å²) in [5, 5.41) is 0.430. The highest BCUT2D eigenvalue weighted by atomic mass is 35.5. The van der Waals surface area contributed by atoms with Crippen molar-refractivity contribution in [2.24, 2.45) is 0 Å². The fourth-order valence-electron chi connectivity index (χ4n) is 1.65. The van der Waals surface area contributed by atoms with Crippen molar-refractivity contribution < 1.29 is 9.59 Å². The fraction of sp³-hybridized carbons (Fsp3) is 0.364. The zero-order chi connectivity index (χ0) is 13.3. The summed E-state index contributed by atoms with van der Waals surface area (Å²) >= 11 is 11.6. The van der Waals surface area contributed by atoms with E-state index in [2.05, 4.69) is 4.98 Å². The third-order valence-electron chi connectivity index (χ3n) is 2.76. The van der Waals surface area contributed by atoms with E-state index in [1.165, 1.54) is 17.0 Å². The molecule has 1 aliphatic heterocycles. The molecule has 96 valence electrons. The van der Waals surface area contributed by atoms with Crippen molar-refractivity contribution in [3.8, 4) is 0 Å². The molecule has 0 saturated carbocycles. The third-order valence-corrected chi connectivity index (χ3v) is 3.27. The number of nitrogens with zero attached hydrogens (tertiary/aromatic N) is 3. The van der Waals surface area contributed by atoms with Gasteiger partial charge in [-0.1, -0.05) is 23.2 Å². The van der Waals surface area contributed by atoms with Crippen LogP contribution in [0, 0.1) is 0 Å². The largest absolute Gasteiger partial charge is 0.342 e. The molecular formula is C11H11Cl2N3O2. The summed E-state index contributed by atoms with van der Waals surface area (Å²) in [6.07, 6.45) is 0. The first-order valence-corrected chi connectivity index (χ1v) is 6.10. The second kappa shape index (κ2) is 5.12. The minimum absolute atomic E-state index is 0.0415. The molecule has 2 heterocycles. The number of hydrogen-bond acceptors (Lipinski definition) is 3. The van der Waals surface area contributed by atoms with E-state index in [1.54, 1.807) is 11.9 Å². The molecule has 1 aromatic rings. The normalized spacial score (nSPS) is 16.1. The van der Waals surface area contributed by atoms with E-state index in [1.807, 2.05) is 0 Å². The minimum atomic E-state index is -0.371. The molecule has 0 bridgehead atoms. The Morgan fingerprint density at radius 1 is 1.33 bits per heavy atom. The SMILES string of the molecule is CN1CCN(C(=O)c2nc(Cl)ccc2Cl)CC1=O. The van der Waals surface area contributed by atoms with Crippen molar-refractivity contribution in [1.82, 2.24) is 14.8 Å². The van der Waals surface area contributed by atoms with Crippen LogP contribution in [0.3, 0.4) is 0 Å². The van der Waals surface area contributed by atoms with Crippen LogP contribution in [0.4, 0.5) is 0 Å². The zero-order valence-electron chi connectivity index (χ0n) is 9.69. The fourth-order valence-corrected chi connectivity index (χ4v) is 1.98. The lowest BCUT2D eigenvalue weighted by Gasteiger charge is -2.31. The monoisotopic (exact) mass is 287 g/mol. The first-order valence-electron chi connectivity index (χ1n) is 5.34. The third kappa shape index (κ3) is 2.57. The summed E-state index contributed by atoms with van der Waals surface area (Å²) in [5.41, 5.74) is 0.0847. The molecule has 2 rings (SSSR count). The van der Waals surface area contributed by atoms with Gasteiger partial charge in [0.2, 0.25) is 5.91 Å². The molecule has 18 heavy (non-hydrogen) atoms. The Morgan fingerprint density at radius 3 is 2.72 bits per heavy atom. The van der Waals surface area contributed by atoms with Crippen LogP contribution in [0.15, 0.2) is 12.1 Å². The Kier molecular flexibility index (Phi) is 3.73. The van der Waals surface area contributed by atoms with Gasteiger partial charge in [0.05, 0.1) is 5.02 Å². The van der Waals surface area contributed by atoms with Crippen molar-refractivity contribution in [2.45, 2.75) is 0 Å². The highest BCUT2D eigenvalue weighted by Gasteiger charge is 2.27. The van der Waals surface area contributed by atoms with Crippen LogP contribution in [0.2, 0.25) is 10.2 Å². The maximum Gasteiger partial charge on any atom is 0.274 e. The molecule has 0 N–H and O–H groups in total. The van der Waals surface area contributed by atoms with E-state index in [-0.39, 0.29) is 34.2 Å². The molecule has 5 nitrogen and oxygen atoms in total. The summed E-state index contributed by atoms with van der Waals surface area (Å²) in [5.74, 6) is -0.475. The molecule has 1 aliphatic rings. The first kappa shape index (κ1) is 13.1. The quantitative estimate of drug-likeness (QED) is 0.732. The van der Waals surface area contributed by atoms with Crippen LogP contribution >= 0.6 is 23.2 Å². The van der Waals surface area contributed by atoms with Gasteiger partial charge in [-0.15, -0.1) is 0 Å². The molecule has 1 aromatic heterocycles. The van der Waals surface area contributed by atoms with Crippen LogP contribution in [-0.2, 0) is 4.79 Å². The molecule has 0 atom stereocenters. The number of halogens is 2. The average Bonchev–Trinajstić information content (AvgIpc) is 2.35. The van der Waals surface area contributed by atoms with Crippen LogP contribution < -0.4 is 0 Å². The molecule has 0 aromatic carbocycles. The maximum absolute atomic E-state index is 12.2. The van der Waals surface area contributed by atoms with Crippen molar-refractivity contribution in [1.29, 1.82) is 0 Å². The second-order valence-corrected chi connectivity index (χ2v) is 4.80. The average molecular weight is 288 g/mol. The Labute approximate surface area is 114 Å². The second-order valence-electron chi connectivity index (χ2n) is 4.01. The molecular weight excluding hydrogens is 277 g/mol. The number of aromatic nitrogens is 1. The Morgan fingerprint density at radius 2 is 2.06 bits per heavy atom. The number of rotatable bonds is 1. The van der Waals surface area contributed by atoms with E-state index >= 15 is 0 Å². The molecule has 0 radical (unpaired) electrons. The van der Waals surface area contributed by atoms with E-state index in [9.17, 15) is 9.59 Å². The zero-order valence-corrected chi connectivity index (χ0v) is 11.2. The van der Waals surface area contributed by atoms with Gasteiger partial charge in [0.15, 0.2) is 0 Å². The standard InChI is InChI=1S/C11H11Cl2N3O2/c1-15-4-5-16(6-9(15)17)11(18)10-7(12)2-3-8(13)14-10/h2-3H,4-6H2,1H3. The van der Waals surface area contributed by atoms with E-state index in [0.29, 0.717) is 13.1 Å². The van der Waals surface area contributed by atoms with Gasteiger partial charge in [0.1, 0.15) is 17.4 Å². The van der Waals surface area contributed by atoms with Gasteiger partial charge in [0.25, 0.3) is 5.91 Å². The summed E-state index contributed by atoms with van der Waals surface area (Å²) < 4.78 is 0. The van der Waals surface area contributed by atoms with Gasteiger partial charge in [-0.2, -0.15) is 0 Å². The highest BCUT2D eigenvalue weighted by molar-refractivity contribution is 6.34. The number of piperazine rings is 1. The number of likely N-dealkylation sites (N-methyl/N-ethyl adjacent to an activating group) is 1. The summed E-state index contributed by atoms with van der Waals surface area (Å²) in [6.45, 7) is 1.01. The topological polar surface area (TPSA) is 53.5 Å². The van der Waals surface area contributed by atoms with E-state index in [4.69, 9.17) is 23.2 Å². The first-order chi connectivity index (χ1) is 8.49. The minimum Gasteiger partial charge on any atom is -0.342 e. The molecule has 7 heteroatoms. The van der Waals surface area contributed by atoms with Crippen LogP contribution in [0.25, 0.3) is 0 Å².